The Labute approximate surface area is 107 Å². The van der Waals surface area contributed by atoms with E-state index in [1.54, 1.807) is 12.1 Å². The Kier molecular flexibility index (Phi) is 5.38. The second-order valence-corrected chi connectivity index (χ2v) is 4.57. The largest absolute Gasteiger partial charge is 0.328 e. The first-order valence-electron chi connectivity index (χ1n) is 5.67. The fraction of sp³-hybridized carbons (Fsp3) is 0.500. The Morgan fingerprint density at radius 2 is 2.29 bits per heavy atom. The highest BCUT2D eigenvalue weighted by Crippen LogP contribution is 2.16. The molecule has 1 atom stereocenters. The predicted molar refractivity (Wildman–Crippen MR) is 70.1 cm³/mol. The van der Waals surface area contributed by atoms with Crippen molar-refractivity contribution in [3.63, 3.8) is 0 Å². The van der Waals surface area contributed by atoms with Crippen LogP contribution in [0, 0.1) is 6.92 Å². The number of anilines is 1. The van der Waals surface area contributed by atoms with Crippen LogP contribution in [-0.4, -0.2) is 16.9 Å². The summed E-state index contributed by atoms with van der Waals surface area (Å²) in [5, 5.41) is 3.24. The van der Waals surface area contributed by atoms with Gasteiger partial charge in [0, 0.05) is 12.5 Å². The van der Waals surface area contributed by atoms with E-state index in [9.17, 15) is 4.79 Å². The number of carbonyl (C=O) groups is 1. The number of halogens is 1. The molecule has 1 heterocycles. The molecule has 0 radical (unpaired) electrons. The number of nitrogens with zero attached hydrogens (tertiary/aromatic N) is 1. The van der Waals surface area contributed by atoms with Crippen molar-refractivity contribution in [2.75, 3.05) is 5.32 Å². The van der Waals surface area contributed by atoms with Gasteiger partial charge in [-0.2, -0.15) is 0 Å². The Bertz CT molecular complexity index is 393. The molecule has 1 rings (SSSR count). The number of nitrogens with two attached hydrogens (primary N) is 1. The van der Waals surface area contributed by atoms with Crippen molar-refractivity contribution in [2.24, 2.45) is 5.73 Å². The second kappa shape index (κ2) is 6.57. The van der Waals surface area contributed by atoms with Gasteiger partial charge in [0.25, 0.3) is 0 Å². The molecule has 17 heavy (non-hydrogen) atoms. The van der Waals surface area contributed by atoms with Gasteiger partial charge in [-0.3, -0.25) is 4.79 Å². The van der Waals surface area contributed by atoms with Gasteiger partial charge in [-0.25, -0.2) is 4.98 Å². The van der Waals surface area contributed by atoms with E-state index < -0.39 is 0 Å². The molecule has 0 aliphatic rings. The molecule has 5 heteroatoms. The Morgan fingerprint density at radius 1 is 1.59 bits per heavy atom. The Balaban J connectivity index is 2.45. The third-order valence-electron chi connectivity index (χ3n) is 2.39. The fourth-order valence-electron chi connectivity index (χ4n) is 1.46. The SMILES string of the molecule is Cc1nc(Cl)ccc1NC(=O)CCCC(C)N. The van der Waals surface area contributed by atoms with Crippen LogP contribution in [0.15, 0.2) is 12.1 Å². The molecular weight excluding hydrogens is 238 g/mol. The number of hydrogen-bond acceptors (Lipinski definition) is 3. The van der Waals surface area contributed by atoms with E-state index in [4.69, 9.17) is 17.3 Å². The number of rotatable bonds is 5. The molecule has 94 valence electrons. The molecule has 0 bridgehead atoms. The van der Waals surface area contributed by atoms with Crippen LogP contribution in [0.5, 0.6) is 0 Å². The Hall–Kier alpha value is -1.13. The molecule has 1 unspecified atom stereocenters. The molecular formula is C12H18ClN3O. The van der Waals surface area contributed by atoms with Crippen molar-refractivity contribution in [1.29, 1.82) is 0 Å². The first-order valence-corrected chi connectivity index (χ1v) is 6.05. The maximum atomic E-state index is 11.6. The number of aromatic nitrogens is 1. The van der Waals surface area contributed by atoms with Crippen molar-refractivity contribution in [1.82, 2.24) is 4.98 Å². The van der Waals surface area contributed by atoms with Crippen LogP contribution < -0.4 is 11.1 Å². The van der Waals surface area contributed by atoms with Crippen molar-refractivity contribution < 1.29 is 4.79 Å². The van der Waals surface area contributed by atoms with Gasteiger partial charge in [0.1, 0.15) is 5.15 Å². The molecule has 0 fully saturated rings. The molecule has 1 amide bonds. The molecule has 0 aromatic carbocycles. The lowest BCUT2D eigenvalue weighted by Crippen LogP contribution is -2.17. The summed E-state index contributed by atoms with van der Waals surface area (Å²) in [5.41, 5.74) is 7.04. The third kappa shape index (κ3) is 5.15. The fourth-order valence-corrected chi connectivity index (χ4v) is 1.65. The van der Waals surface area contributed by atoms with Crippen LogP contribution >= 0.6 is 11.6 Å². The first kappa shape index (κ1) is 13.9. The number of hydrogen-bond donors (Lipinski definition) is 2. The average Bonchev–Trinajstić information content (AvgIpc) is 2.21. The van der Waals surface area contributed by atoms with Crippen LogP contribution in [0.4, 0.5) is 5.69 Å². The van der Waals surface area contributed by atoms with Gasteiger partial charge >= 0.3 is 0 Å². The quantitative estimate of drug-likeness (QED) is 0.795. The van der Waals surface area contributed by atoms with Crippen molar-refractivity contribution in [3.05, 3.63) is 23.0 Å². The van der Waals surface area contributed by atoms with E-state index in [2.05, 4.69) is 10.3 Å². The highest BCUT2D eigenvalue weighted by molar-refractivity contribution is 6.29. The number of aryl methyl sites for hydroxylation is 1. The van der Waals surface area contributed by atoms with E-state index in [0.717, 1.165) is 18.5 Å². The van der Waals surface area contributed by atoms with Gasteiger partial charge in [-0.15, -0.1) is 0 Å². The average molecular weight is 256 g/mol. The van der Waals surface area contributed by atoms with Crippen molar-refractivity contribution in [2.45, 2.75) is 39.2 Å². The summed E-state index contributed by atoms with van der Waals surface area (Å²) in [7, 11) is 0. The molecule has 3 N–H and O–H groups in total. The van der Waals surface area contributed by atoms with Crippen LogP contribution in [0.2, 0.25) is 5.15 Å². The topological polar surface area (TPSA) is 68.0 Å². The summed E-state index contributed by atoms with van der Waals surface area (Å²) in [4.78, 5) is 15.7. The zero-order valence-electron chi connectivity index (χ0n) is 10.2. The van der Waals surface area contributed by atoms with E-state index >= 15 is 0 Å². The Morgan fingerprint density at radius 3 is 2.88 bits per heavy atom. The monoisotopic (exact) mass is 255 g/mol. The minimum atomic E-state index is -0.0159. The lowest BCUT2D eigenvalue weighted by atomic mass is 10.1. The summed E-state index contributed by atoms with van der Waals surface area (Å²) in [6.07, 6.45) is 2.12. The molecule has 4 nitrogen and oxygen atoms in total. The van der Waals surface area contributed by atoms with Crippen molar-refractivity contribution >= 4 is 23.2 Å². The minimum Gasteiger partial charge on any atom is -0.328 e. The molecule has 0 saturated carbocycles. The standard InChI is InChI=1S/C12H18ClN3O/c1-8(14)4-3-5-12(17)16-10-6-7-11(13)15-9(10)2/h6-8H,3-5,14H2,1-2H3,(H,16,17). The van der Waals surface area contributed by atoms with Crippen LogP contribution in [0.3, 0.4) is 0 Å². The summed E-state index contributed by atoms with van der Waals surface area (Å²) < 4.78 is 0. The van der Waals surface area contributed by atoms with Crippen molar-refractivity contribution in [3.8, 4) is 0 Å². The third-order valence-corrected chi connectivity index (χ3v) is 2.60. The normalized spacial score (nSPS) is 12.2. The van der Waals surface area contributed by atoms with Gasteiger partial charge in [-0.05, 0) is 38.8 Å². The minimum absolute atomic E-state index is 0.0159. The van der Waals surface area contributed by atoms with E-state index in [1.807, 2.05) is 13.8 Å². The van der Waals surface area contributed by atoms with E-state index in [0.29, 0.717) is 17.3 Å². The first-order chi connectivity index (χ1) is 7.99. The maximum absolute atomic E-state index is 11.6. The zero-order chi connectivity index (χ0) is 12.8. The molecule has 0 saturated heterocycles. The summed E-state index contributed by atoms with van der Waals surface area (Å²) in [6, 6.07) is 3.56. The van der Waals surface area contributed by atoms with E-state index in [-0.39, 0.29) is 11.9 Å². The number of nitrogens with one attached hydrogen (secondary N) is 1. The smallest absolute Gasteiger partial charge is 0.224 e. The van der Waals surface area contributed by atoms with Gasteiger partial charge < -0.3 is 11.1 Å². The van der Waals surface area contributed by atoms with Gasteiger partial charge in [0.05, 0.1) is 11.4 Å². The summed E-state index contributed by atoms with van der Waals surface area (Å²) >= 11 is 5.73. The summed E-state index contributed by atoms with van der Waals surface area (Å²) in [5.74, 6) is -0.0159. The van der Waals surface area contributed by atoms with Gasteiger partial charge in [-0.1, -0.05) is 11.6 Å². The molecule has 1 aromatic rings. The number of amides is 1. The predicted octanol–water partition coefficient (Wildman–Crippen LogP) is 2.50. The van der Waals surface area contributed by atoms with Crippen LogP contribution in [0.25, 0.3) is 0 Å². The number of carbonyl (C=O) groups excluding carboxylic acids is 1. The summed E-state index contributed by atoms with van der Waals surface area (Å²) in [6.45, 7) is 3.74. The maximum Gasteiger partial charge on any atom is 0.224 e. The second-order valence-electron chi connectivity index (χ2n) is 4.18. The van der Waals surface area contributed by atoms with E-state index in [1.165, 1.54) is 0 Å². The lowest BCUT2D eigenvalue weighted by molar-refractivity contribution is -0.116. The highest BCUT2D eigenvalue weighted by atomic mass is 35.5. The van der Waals surface area contributed by atoms with Gasteiger partial charge in [0.15, 0.2) is 0 Å². The van der Waals surface area contributed by atoms with Gasteiger partial charge in [0.2, 0.25) is 5.91 Å². The molecule has 0 aliphatic heterocycles. The molecule has 0 spiro atoms. The molecule has 1 aromatic heterocycles. The molecule has 0 aliphatic carbocycles. The zero-order valence-corrected chi connectivity index (χ0v) is 10.9. The lowest BCUT2D eigenvalue weighted by Gasteiger charge is -2.08. The highest BCUT2D eigenvalue weighted by Gasteiger charge is 2.06. The van der Waals surface area contributed by atoms with Crippen LogP contribution in [-0.2, 0) is 4.79 Å². The number of pyridine rings is 1. The van der Waals surface area contributed by atoms with Crippen LogP contribution in [0.1, 0.15) is 31.9 Å².